The quantitative estimate of drug-likeness (QED) is 0.368. The van der Waals surface area contributed by atoms with E-state index in [1.807, 2.05) is 47.8 Å². The highest BCUT2D eigenvalue weighted by Gasteiger charge is 2.27. The van der Waals surface area contributed by atoms with Crippen molar-refractivity contribution in [1.29, 1.82) is 0 Å². The molecule has 0 spiro atoms. The lowest BCUT2D eigenvalue weighted by Crippen LogP contribution is -2.26. The topological polar surface area (TPSA) is 81.6 Å². The zero-order valence-electron chi connectivity index (χ0n) is 17.8. The van der Waals surface area contributed by atoms with Crippen LogP contribution in [-0.4, -0.2) is 36.1 Å². The van der Waals surface area contributed by atoms with Crippen LogP contribution in [0.5, 0.6) is 0 Å². The fourth-order valence-electron chi connectivity index (χ4n) is 3.10. The first-order valence-electron chi connectivity index (χ1n) is 9.80. The maximum Gasteiger partial charge on any atom is 0.355 e. The van der Waals surface area contributed by atoms with Crippen LogP contribution in [0, 0.1) is 0 Å². The van der Waals surface area contributed by atoms with Gasteiger partial charge in [-0.1, -0.05) is 12.1 Å². The second kappa shape index (κ2) is 10.3. The molecule has 0 amide bonds. The van der Waals surface area contributed by atoms with Gasteiger partial charge in [-0.25, -0.2) is 19.6 Å². The van der Waals surface area contributed by atoms with Crippen molar-refractivity contribution in [3.63, 3.8) is 0 Å². The molecule has 0 saturated heterocycles. The van der Waals surface area contributed by atoms with Crippen LogP contribution >= 0.6 is 23.1 Å². The Bertz CT molecular complexity index is 1250. The van der Waals surface area contributed by atoms with Crippen molar-refractivity contribution in [2.24, 2.45) is 0 Å². The molecule has 0 fully saturated rings. The number of anilines is 1. The Morgan fingerprint density at radius 1 is 1.00 bits per heavy atom. The van der Waals surface area contributed by atoms with Crippen molar-refractivity contribution in [1.82, 2.24) is 9.97 Å². The third-order valence-corrected chi connectivity index (χ3v) is 6.40. The van der Waals surface area contributed by atoms with Crippen LogP contribution in [0.3, 0.4) is 0 Å². The molecule has 0 radical (unpaired) electrons. The first kappa shape index (κ1) is 22.5. The minimum absolute atomic E-state index is 0.0711. The molecule has 3 heterocycles. The third kappa shape index (κ3) is 5.05. The number of nitrogens with zero attached hydrogens (tertiary/aromatic N) is 3. The van der Waals surface area contributed by atoms with E-state index in [2.05, 4.69) is 9.97 Å². The normalized spacial score (nSPS) is 13.1. The summed E-state index contributed by atoms with van der Waals surface area (Å²) in [7, 11) is 2.53. The molecule has 1 aliphatic rings. The molecule has 0 N–H and O–H groups in total. The number of aromatic nitrogens is 2. The smallest absolute Gasteiger partial charge is 0.355 e. The number of hydrogen-bond donors (Lipinski definition) is 0. The van der Waals surface area contributed by atoms with Crippen LogP contribution in [0.1, 0.15) is 0 Å². The summed E-state index contributed by atoms with van der Waals surface area (Å²) in [6.45, 7) is 0. The number of thiophene rings is 1. The van der Waals surface area contributed by atoms with Crippen molar-refractivity contribution in [3.8, 4) is 10.6 Å². The van der Waals surface area contributed by atoms with Gasteiger partial charge < -0.3 is 14.4 Å². The first-order valence-corrected chi connectivity index (χ1v) is 11.5. The van der Waals surface area contributed by atoms with Gasteiger partial charge in [0.15, 0.2) is 5.16 Å². The van der Waals surface area contributed by atoms with Gasteiger partial charge in [-0.15, -0.1) is 11.3 Å². The maximum absolute atomic E-state index is 12.6. The number of benzene rings is 1. The molecule has 166 valence electrons. The summed E-state index contributed by atoms with van der Waals surface area (Å²) in [5.41, 5.74) is 1.73. The Morgan fingerprint density at radius 2 is 1.79 bits per heavy atom. The molecule has 0 saturated carbocycles. The molecule has 0 bridgehead atoms. The van der Waals surface area contributed by atoms with Gasteiger partial charge in [0, 0.05) is 23.0 Å². The number of carbonyl (C=O) groups excluding carboxylic acids is 2. The second-order valence-corrected chi connectivity index (χ2v) is 8.60. The van der Waals surface area contributed by atoms with Gasteiger partial charge in [-0.3, -0.25) is 0 Å². The van der Waals surface area contributed by atoms with Gasteiger partial charge in [0.25, 0.3) is 0 Å². The van der Waals surface area contributed by atoms with Crippen LogP contribution in [0.2, 0.25) is 0 Å². The Kier molecular flexibility index (Phi) is 7.01. The van der Waals surface area contributed by atoms with E-state index in [-0.39, 0.29) is 11.3 Å². The van der Waals surface area contributed by atoms with Gasteiger partial charge in [0.05, 0.1) is 30.4 Å². The maximum atomic E-state index is 12.6. The molecule has 9 heteroatoms. The lowest BCUT2D eigenvalue weighted by Gasteiger charge is -2.23. The first-order chi connectivity index (χ1) is 16.1. The number of hydrogen-bond acceptors (Lipinski definition) is 9. The van der Waals surface area contributed by atoms with Crippen molar-refractivity contribution >= 4 is 40.7 Å². The second-order valence-electron chi connectivity index (χ2n) is 6.61. The fraction of sp³-hybridized carbons (Fsp3) is 0.0833. The van der Waals surface area contributed by atoms with Gasteiger partial charge in [0.1, 0.15) is 5.70 Å². The van der Waals surface area contributed by atoms with Crippen LogP contribution in [0.15, 0.2) is 99.8 Å². The highest BCUT2D eigenvalue weighted by atomic mass is 32.2. The number of methoxy groups -OCH3 is 2. The predicted molar refractivity (Wildman–Crippen MR) is 128 cm³/mol. The van der Waals surface area contributed by atoms with Gasteiger partial charge >= 0.3 is 11.9 Å². The van der Waals surface area contributed by atoms with E-state index in [1.54, 1.807) is 40.8 Å². The minimum atomic E-state index is -0.649. The Hall–Kier alpha value is -3.69. The molecule has 4 rings (SSSR count). The van der Waals surface area contributed by atoms with Gasteiger partial charge in [-0.2, -0.15) is 0 Å². The summed E-state index contributed by atoms with van der Waals surface area (Å²) >= 11 is 3.06. The predicted octanol–water partition coefficient (Wildman–Crippen LogP) is 4.85. The van der Waals surface area contributed by atoms with Crippen molar-refractivity contribution in [2.45, 2.75) is 10.1 Å². The molecule has 2 aromatic heterocycles. The molecule has 0 aliphatic carbocycles. The standard InChI is InChI=1S/C24H19N3O4S2/c1-30-22(28)18-6-3-4-14-27(21(18)23(29)31-2)16-8-10-17(11-9-16)33-24-25-13-12-19(26-24)20-7-5-15-32-20/h3-15H,1-2H3. The van der Waals surface area contributed by atoms with E-state index in [1.165, 1.54) is 32.1 Å². The monoisotopic (exact) mass is 477 g/mol. The summed E-state index contributed by atoms with van der Waals surface area (Å²) in [6, 6.07) is 13.4. The molecular weight excluding hydrogens is 458 g/mol. The summed E-state index contributed by atoms with van der Waals surface area (Å²) in [6.07, 6.45) is 8.35. The van der Waals surface area contributed by atoms with Gasteiger partial charge in [-0.05, 0) is 65.7 Å². The van der Waals surface area contributed by atoms with E-state index in [4.69, 9.17) is 9.47 Å². The van der Waals surface area contributed by atoms with Crippen molar-refractivity contribution < 1.29 is 19.1 Å². The molecule has 1 aromatic carbocycles. The lowest BCUT2D eigenvalue weighted by molar-refractivity contribution is -0.139. The number of allylic oxidation sites excluding steroid dienone is 2. The van der Waals surface area contributed by atoms with Crippen LogP contribution in [0.25, 0.3) is 10.6 Å². The molecule has 3 aromatic rings. The van der Waals surface area contributed by atoms with E-state index in [0.29, 0.717) is 10.8 Å². The molecular formula is C24H19N3O4S2. The van der Waals surface area contributed by atoms with E-state index in [0.717, 1.165) is 15.5 Å². The van der Waals surface area contributed by atoms with Crippen molar-refractivity contribution in [2.75, 3.05) is 19.1 Å². The number of ether oxygens (including phenoxy) is 2. The van der Waals surface area contributed by atoms with Crippen LogP contribution < -0.4 is 4.90 Å². The third-order valence-electron chi connectivity index (χ3n) is 4.62. The zero-order valence-corrected chi connectivity index (χ0v) is 19.4. The molecule has 1 aliphatic heterocycles. The Labute approximate surface area is 199 Å². The largest absolute Gasteiger partial charge is 0.465 e. The number of rotatable bonds is 6. The van der Waals surface area contributed by atoms with E-state index >= 15 is 0 Å². The highest BCUT2D eigenvalue weighted by Crippen LogP contribution is 2.31. The molecule has 0 atom stereocenters. The Morgan fingerprint density at radius 3 is 2.48 bits per heavy atom. The Balaban J connectivity index is 1.61. The zero-order chi connectivity index (χ0) is 23.2. The number of carbonyl (C=O) groups is 2. The number of esters is 2. The molecule has 0 unspecified atom stereocenters. The highest BCUT2D eigenvalue weighted by molar-refractivity contribution is 7.99. The fourth-order valence-corrected chi connectivity index (χ4v) is 4.53. The van der Waals surface area contributed by atoms with Gasteiger partial charge in [0.2, 0.25) is 0 Å². The summed E-state index contributed by atoms with van der Waals surface area (Å²) in [5.74, 6) is -1.28. The average molecular weight is 478 g/mol. The van der Waals surface area contributed by atoms with Crippen LogP contribution in [0.4, 0.5) is 5.69 Å². The summed E-state index contributed by atoms with van der Waals surface area (Å²) in [4.78, 5) is 37.4. The summed E-state index contributed by atoms with van der Waals surface area (Å²) < 4.78 is 9.78. The average Bonchev–Trinajstić information content (AvgIpc) is 3.30. The molecule has 33 heavy (non-hydrogen) atoms. The summed E-state index contributed by atoms with van der Waals surface area (Å²) in [5, 5.41) is 2.65. The lowest BCUT2D eigenvalue weighted by atomic mass is 10.1. The molecule has 7 nitrogen and oxygen atoms in total. The van der Waals surface area contributed by atoms with Crippen molar-refractivity contribution in [3.05, 3.63) is 89.7 Å². The minimum Gasteiger partial charge on any atom is -0.465 e. The SMILES string of the molecule is COC(=O)C1=C(C(=O)OC)N(c2ccc(Sc3nccc(-c4cccs4)n3)cc2)C=CC=C1. The van der Waals surface area contributed by atoms with E-state index in [9.17, 15) is 9.59 Å². The van der Waals surface area contributed by atoms with E-state index < -0.39 is 11.9 Å². The van der Waals surface area contributed by atoms with Crippen LogP contribution in [-0.2, 0) is 19.1 Å².